The summed E-state index contributed by atoms with van der Waals surface area (Å²) in [5.41, 5.74) is 1.12. The fourth-order valence-electron chi connectivity index (χ4n) is 1.67. The topological polar surface area (TPSA) is 52.0 Å². The van der Waals surface area contributed by atoms with E-state index in [0.29, 0.717) is 6.01 Å². The molecule has 2 aromatic rings. The third-order valence-electron chi connectivity index (χ3n) is 2.58. The highest BCUT2D eigenvalue weighted by atomic mass is 16.5. The highest BCUT2D eigenvalue weighted by Gasteiger charge is 2.14. The van der Waals surface area contributed by atoms with Gasteiger partial charge >= 0.3 is 6.01 Å². The molecule has 96 valence electrons. The highest BCUT2D eigenvalue weighted by molar-refractivity contribution is 5.18. The van der Waals surface area contributed by atoms with Gasteiger partial charge in [0.05, 0.1) is 0 Å². The predicted molar refractivity (Wildman–Crippen MR) is 69.4 cm³/mol. The fraction of sp³-hybridized carbons (Fsp3) is 0.385. The molecule has 0 radical (unpaired) electrons. The first-order valence-corrected chi connectivity index (χ1v) is 6.07. The average Bonchev–Trinajstić information content (AvgIpc) is 2.81. The molecule has 18 heavy (non-hydrogen) atoms. The summed E-state index contributed by atoms with van der Waals surface area (Å²) in [6.07, 6.45) is 1.55. The molecular weight excluding hydrogens is 228 g/mol. The number of benzene rings is 1. The summed E-state index contributed by atoms with van der Waals surface area (Å²) >= 11 is 0. The van der Waals surface area contributed by atoms with Crippen LogP contribution in [0.1, 0.15) is 18.6 Å². The number of aromatic nitrogens is 3. The molecule has 0 saturated heterocycles. The lowest BCUT2D eigenvalue weighted by Gasteiger charge is -2.17. The molecule has 1 aromatic heterocycles. The van der Waals surface area contributed by atoms with Crippen molar-refractivity contribution >= 4 is 0 Å². The molecule has 0 bridgehead atoms. The number of hydrogen-bond acceptors (Lipinski definition) is 4. The van der Waals surface area contributed by atoms with Crippen molar-refractivity contribution in [3.05, 3.63) is 42.2 Å². The molecule has 5 nitrogen and oxygen atoms in total. The van der Waals surface area contributed by atoms with Crippen LogP contribution >= 0.6 is 0 Å². The highest BCUT2D eigenvalue weighted by Crippen LogP contribution is 2.17. The third-order valence-corrected chi connectivity index (χ3v) is 2.58. The Kier molecular flexibility index (Phi) is 4.30. The molecule has 1 N–H and O–H groups in total. The van der Waals surface area contributed by atoms with Gasteiger partial charge in [-0.3, -0.25) is 4.68 Å². The molecule has 0 aliphatic carbocycles. The van der Waals surface area contributed by atoms with Crippen LogP contribution in [0.4, 0.5) is 0 Å². The van der Waals surface area contributed by atoms with E-state index in [1.54, 1.807) is 11.0 Å². The molecule has 2 rings (SSSR count). The number of nitrogens with one attached hydrogen (secondary N) is 1. The van der Waals surface area contributed by atoms with E-state index >= 15 is 0 Å². The largest absolute Gasteiger partial charge is 0.453 e. The molecule has 1 aromatic carbocycles. The molecule has 0 aliphatic heterocycles. The molecule has 0 aliphatic rings. The Bertz CT molecular complexity index is 469. The zero-order valence-electron chi connectivity index (χ0n) is 10.7. The summed E-state index contributed by atoms with van der Waals surface area (Å²) < 4.78 is 7.45. The molecule has 1 heterocycles. The van der Waals surface area contributed by atoms with Gasteiger partial charge < -0.3 is 10.1 Å². The van der Waals surface area contributed by atoms with Gasteiger partial charge in [0.2, 0.25) is 0 Å². The second-order valence-corrected chi connectivity index (χ2v) is 4.03. The maximum Gasteiger partial charge on any atom is 0.336 e. The minimum atomic E-state index is -0.0754. The molecular formula is C13H18N4O. The van der Waals surface area contributed by atoms with Crippen LogP contribution < -0.4 is 10.1 Å². The Hall–Kier alpha value is -1.88. The Labute approximate surface area is 107 Å². The molecule has 1 unspecified atom stereocenters. The normalized spacial score (nSPS) is 12.3. The molecule has 0 spiro atoms. The van der Waals surface area contributed by atoms with E-state index in [4.69, 9.17) is 4.74 Å². The Morgan fingerprint density at radius 3 is 2.72 bits per heavy atom. The lowest BCUT2D eigenvalue weighted by molar-refractivity contribution is 0.185. The van der Waals surface area contributed by atoms with Gasteiger partial charge in [0.1, 0.15) is 12.4 Å². The fourth-order valence-corrected chi connectivity index (χ4v) is 1.67. The van der Waals surface area contributed by atoms with Crippen molar-refractivity contribution in [3.63, 3.8) is 0 Å². The summed E-state index contributed by atoms with van der Waals surface area (Å²) in [4.78, 5) is 4.09. The molecule has 0 fully saturated rings. The van der Waals surface area contributed by atoms with E-state index in [2.05, 4.69) is 22.3 Å². The maximum absolute atomic E-state index is 5.82. The van der Waals surface area contributed by atoms with Crippen molar-refractivity contribution in [1.29, 1.82) is 0 Å². The zero-order valence-corrected chi connectivity index (χ0v) is 10.7. The van der Waals surface area contributed by atoms with Crippen molar-refractivity contribution in [2.24, 2.45) is 7.05 Å². The van der Waals surface area contributed by atoms with Crippen LogP contribution in [0.2, 0.25) is 0 Å². The summed E-state index contributed by atoms with van der Waals surface area (Å²) in [7, 11) is 1.82. The summed E-state index contributed by atoms with van der Waals surface area (Å²) in [5.74, 6) is 0. The van der Waals surface area contributed by atoms with Crippen LogP contribution in [0.5, 0.6) is 6.01 Å². The van der Waals surface area contributed by atoms with Gasteiger partial charge in [-0.15, -0.1) is 5.10 Å². The summed E-state index contributed by atoms with van der Waals surface area (Å²) in [5, 5.41) is 7.43. The van der Waals surface area contributed by atoms with E-state index in [1.165, 1.54) is 0 Å². The van der Waals surface area contributed by atoms with Crippen LogP contribution in [0.3, 0.4) is 0 Å². The van der Waals surface area contributed by atoms with Crippen molar-refractivity contribution in [2.45, 2.75) is 13.0 Å². The minimum Gasteiger partial charge on any atom is -0.453 e. The number of ether oxygens (including phenoxy) is 1. The van der Waals surface area contributed by atoms with Gasteiger partial charge in [0.25, 0.3) is 0 Å². The van der Waals surface area contributed by atoms with Gasteiger partial charge in [-0.2, -0.15) is 4.98 Å². The van der Waals surface area contributed by atoms with E-state index in [0.717, 1.165) is 18.7 Å². The zero-order chi connectivity index (χ0) is 12.8. The second kappa shape index (κ2) is 6.16. The smallest absolute Gasteiger partial charge is 0.336 e. The van der Waals surface area contributed by atoms with Crippen LogP contribution in [0.25, 0.3) is 0 Å². The number of nitrogens with zero attached hydrogens (tertiary/aromatic N) is 3. The van der Waals surface area contributed by atoms with Crippen molar-refractivity contribution in [3.8, 4) is 6.01 Å². The third kappa shape index (κ3) is 3.30. The SMILES string of the molecule is CCNCC(Oc1ncn(C)n1)c1ccccc1. The van der Waals surface area contributed by atoms with Gasteiger partial charge in [-0.1, -0.05) is 37.3 Å². The van der Waals surface area contributed by atoms with Crippen LogP contribution in [0, 0.1) is 0 Å². The lowest BCUT2D eigenvalue weighted by atomic mass is 10.1. The standard InChI is InChI=1S/C13H18N4O/c1-3-14-9-12(11-7-5-4-6-8-11)18-13-15-10-17(2)16-13/h4-8,10,12,14H,3,9H2,1-2H3. The van der Waals surface area contributed by atoms with Crippen LogP contribution in [-0.2, 0) is 7.05 Å². The molecule has 0 saturated carbocycles. The Morgan fingerprint density at radius 1 is 1.33 bits per heavy atom. The first-order chi connectivity index (χ1) is 8.79. The van der Waals surface area contributed by atoms with Gasteiger partial charge in [0.15, 0.2) is 0 Å². The Morgan fingerprint density at radius 2 is 2.11 bits per heavy atom. The number of rotatable bonds is 6. The first-order valence-electron chi connectivity index (χ1n) is 6.07. The monoisotopic (exact) mass is 246 g/mol. The first kappa shape index (κ1) is 12.6. The maximum atomic E-state index is 5.82. The Balaban J connectivity index is 2.10. The number of likely N-dealkylation sites (N-methyl/N-ethyl adjacent to an activating group) is 1. The number of hydrogen-bond donors (Lipinski definition) is 1. The van der Waals surface area contributed by atoms with E-state index < -0.39 is 0 Å². The molecule has 5 heteroatoms. The molecule has 0 amide bonds. The van der Waals surface area contributed by atoms with Crippen LogP contribution in [-0.4, -0.2) is 27.9 Å². The van der Waals surface area contributed by atoms with E-state index in [1.807, 2.05) is 37.4 Å². The van der Waals surface area contributed by atoms with Gasteiger partial charge in [0, 0.05) is 13.6 Å². The average molecular weight is 246 g/mol. The summed E-state index contributed by atoms with van der Waals surface area (Å²) in [6.45, 7) is 3.71. The quantitative estimate of drug-likeness (QED) is 0.840. The van der Waals surface area contributed by atoms with Crippen molar-refractivity contribution < 1.29 is 4.74 Å². The van der Waals surface area contributed by atoms with Crippen molar-refractivity contribution in [1.82, 2.24) is 20.1 Å². The second-order valence-electron chi connectivity index (χ2n) is 4.03. The van der Waals surface area contributed by atoms with Crippen LogP contribution in [0.15, 0.2) is 36.7 Å². The van der Waals surface area contributed by atoms with Gasteiger partial charge in [-0.25, -0.2) is 0 Å². The van der Waals surface area contributed by atoms with Gasteiger partial charge in [-0.05, 0) is 12.1 Å². The van der Waals surface area contributed by atoms with E-state index in [9.17, 15) is 0 Å². The predicted octanol–water partition coefficient (Wildman–Crippen LogP) is 1.54. The summed E-state index contributed by atoms with van der Waals surface area (Å²) in [6, 6.07) is 10.5. The number of aryl methyl sites for hydroxylation is 1. The minimum absolute atomic E-state index is 0.0754. The molecule has 1 atom stereocenters. The lowest BCUT2D eigenvalue weighted by Crippen LogP contribution is -2.25. The van der Waals surface area contributed by atoms with Crippen molar-refractivity contribution in [2.75, 3.05) is 13.1 Å². The van der Waals surface area contributed by atoms with E-state index in [-0.39, 0.29) is 6.10 Å².